The van der Waals surface area contributed by atoms with Crippen molar-refractivity contribution in [3.8, 4) is 0 Å². The second kappa shape index (κ2) is 16.8. The summed E-state index contributed by atoms with van der Waals surface area (Å²) in [6, 6.07) is 98.6. The standard InChI is InChI=1S/2C18H15OSi.3C6H5.Sb/c2*19-20(16-10-4-1-5-11-16,17-12-6-2-7-13-17)18-14-8-3-9-15-18;3*1-2-4-6-5-3-1;/h2*1-15H;3*1-5H;/q2*-1;;;;+2. The summed E-state index contributed by atoms with van der Waals surface area (Å²) in [5, 5.41) is 6.88. The number of hydrogen-bond donors (Lipinski definition) is 0. The summed E-state index contributed by atoms with van der Waals surface area (Å²) in [7, 11) is -7.19. The van der Waals surface area contributed by atoms with Crippen LogP contribution in [0.5, 0.6) is 0 Å². The first-order valence-corrected chi connectivity index (χ1v) is 29.9. The molecule has 2 nitrogen and oxygen atoms in total. The molecule has 9 rings (SSSR count). The maximum atomic E-state index is 9.20. The minimum absolute atomic E-state index is 1.07. The van der Waals surface area contributed by atoms with E-state index >= 15 is 0 Å². The van der Waals surface area contributed by atoms with Crippen LogP contribution in [-0.2, 0) is 5.41 Å². The van der Waals surface area contributed by atoms with Gasteiger partial charge in [0.15, 0.2) is 0 Å². The molecule has 0 aliphatic heterocycles. The molecule has 0 unspecified atom stereocenters. The van der Waals surface area contributed by atoms with Gasteiger partial charge in [-0.1, -0.05) is 0 Å². The van der Waals surface area contributed by atoms with E-state index in [1.165, 1.54) is 0 Å². The fourth-order valence-electron chi connectivity index (χ4n) is 8.75. The Kier molecular flexibility index (Phi) is 11.0. The molecule has 5 heteroatoms. The molecule has 286 valence electrons. The van der Waals surface area contributed by atoms with Crippen LogP contribution in [0.1, 0.15) is 0 Å². The van der Waals surface area contributed by atoms with E-state index in [4.69, 9.17) is 0 Å². The fraction of sp³-hybridized carbons (Fsp3) is 0. The third-order valence-corrected chi connectivity index (χ3v) is 40.7. The summed E-state index contributed by atoms with van der Waals surface area (Å²) in [5.41, 5.74) is 0. The summed E-state index contributed by atoms with van der Waals surface area (Å²) in [6.07, 6.45) is 0. The maximum absolute atomic E-state index is 9.20. The van der Waals surface area contributed by atoms with Crippen LogP contribution in [0.2, 0.25) is 0 Å². The molecule has 0 aromatic heterocycles. The molecule has 0 saturated carbocycles. The molecule has 0 aliphatic carbocycles. The van der Waals surface area contributed by atoms with Crippen molar-refractivity contribution in [1.82, 2.24) is 0 Å². The zero-order valence-corrected chi connectivity index (χ0v) is 37.3. The summed E-state index contributed by atoms with van der Waals surface area (Å²) < 4.78 is 21.6. The molecule has 0 aliphatic rings. The molecule has 0 radical (unpaired) electrons. The van der Waals surface area contributed by atoms with Crippen molar-refractivity contribution in [1.29, 1.82) is 0 Å². The Bertz CT molecular complexity index is 2270. The van der Waals surface area contributed by atoms with E-state index in [0.29, 0.717) is 0 Å². The zero-order chi connectivity index (χ0) is 39.9. The predicted molar refractivity (Wildman–Crippen MR) is 254 cm³/mol. The Morgan fingerprint density at radius 3 is 0.525 bits per heavy atom. The van der Waals surface area contributed by atoms with Crippen molar-refractivity contribution in [2.24, 2.45) is 0 Å². The van der Waals surface area contributed by atoms with Gasteiger partial charge in [-0.2, -0.15) is 0 Å². The number of benzene rings is 9. The molecular formula is C54H45O2SbSi2. The monoisotopic (exact) mass is 902 g/mol. The average Bonchev–Trinajstić information content (AvgIpc) is 3.35. The van der Waals surface area contributed by atoms with Crippen LogP contribution in [0.25, 0.3) is 0 Å². The van der Waals surface area contributed by atoms with Crippen LogP contribution in [-0.4, -0.2) is 34.9 Å². The topological polar surface area (TPSA) is 18.5 Å². The Hall–Kier alpha value is -5.85. The van der Waals surface area contributed by atoms with Crippen LogP contribution in [0.4, 0.5) is 0 Å². The first kappa shape index (κ1) is 38.7. The first-order chi connectivity index (χ1) is 29.2. The Balaban J connectivity index is 1.56. The average molecular weight is 904 g/mol. The summed E-state index contributed by atoms with van der Waals surface area (Å²) in [5.74, 6) is 0. The van der Waals surface area contributed by atoms with Crippen LogP contribution >= 0.6 is 0 Å². The van der Waals surface area contributed by atoms with Gasteiger partial charge < -0.3 is 0 Å². The quantitative estimate of drug-likeness (QED) is 0.0977. The Morgan fingerprint density at radius 2 is 0.356 bits per heavy atom. The first-order valence-electron chi connectivity index (χ1n) is 20.1. The Labute approximate surface area is 352 Å². The normalized spacial score (nSPS) is 12.6. The van der Waals surface area contributed by atoms with Crippen molar-refractivity contribution >= 4 is 76.5 Å². The second-order valence-corrected chi connectivity index (χ2v) is 34.3. The van der Waals surface area contributed by atoms with Crippen LogP contribution in [0.3, 0.4) is 0 Å². The van der Waals surface area contributed by atoms with Gasteiger partial charge in [0.1, 0.15) is 0 Å². The second-order valence-electron chi connectivity index (χ2n) is 14.7. The SMILES string of the molecule is c1ccc([Si]([O][Sb]([O][Si](c2ccccc2)(c2ccccc2)c2ccccc2)([c]2ccccc2)([c]2ccccc2)[c]2ccccc2)(c2ccccc2)c2ccccc2)cc1. The van der Waals surface area contributed by atoms with E-state index in [-0.39, 0.29) is 0 Å². The molecule has 0 atom stereocenters. The third-order valence-electron chi connectivity index (χ3n) is 11.4. The van der Waals surface area contributed by atoms with Gasteiger partial charge in [0.2, 0.25) is 0 Å². The molecule has 0 saturated heterocycles. The van der Waals surface area contributed by atoms with Crippen molar-refractivity contribution in [3.05, 3.63) is 273 Å². The van der Waals surface area contributed by atoms with E-state index in [1.807, 2.05) is 0 Å². The Morgan fingerprint density at radius 1 is 0.203 bits per heavy atom. The van der Waals surface area contributed by atoms with Crippen LogP contribution in [0, 0.1) is 0 Å². The third kappa shape index (κ3) is 6.68. The molecule has 0 fully saturated rings. The summed E-state index contributed by atoms with van der Waals surface area (Å²) >= 11 is -6.19. The molecule has 9 aromatic carbocycles. The van der Waals surface area contributed by atoms with E-state index in [9.17, 15) is 5.41 Å². The molecular weight excluding hydrogens is 859 g/mol. The van der Waals surface area contributed by atoms with Gasteiger partial charge in [-0.05, 0) is 0 Å². The van der Waals surface area contributed by atoms with E-state index in [1.54, 1.807) is 0 Å². The minimum atomic E-state index is -6.19. The van der Waals surface area contributed by atoms with Crippen molar-refractivity contribution in [2.45, 2.75) is 0 Å². The van der Waals surface area contributed by atoms with Gasteiger partial charge >= 0.3 is 355 Å². The number of rotatable bonds is 13. The zero-order valence-electron chi connectivity index (χ0n) is 32.7. The molecule has 9 aromatic rings. The van der Waals surface area contributed by atoms with Crippen molar-refractivity contribution in [3.63, 3.8) is 0 Å². The molecule has 59 heavy (non-hydrogen) atoms. The molecule has 0 heterocycles. The summed E-state index contributed by atoms with van der Waals surface area (Å²) in [6.45, 7) is 0. The predicted octanol–water partition coefficient (Wildman–Crippen LogP) is 6.47. The summed E-state index contributed by atoms with van der Waals surface area (Å²) in [4.78, 5) is 0. The molecule has 0 spiro atoms. The van der Waals surface area contributed by atoms with Gasteiger partial charge in [0, 0.05) is 0 Å². The van der Waals surface area contributed by atoms with E-state index in [2.05, 4.69) is 273 Å². The van der Waals surface area contributed by atoms with Crippen LogP contribution < -0.4 is 41.7 Å². The van der Waals surface area contributed by atoms with Crippen molar-refractivity contribution < 1.29 is 5.41 Å². The molecule has 0 N–H and O–H groups in total. The van der Waals surface area contributed by atoms with E-state index in [0.717, 1.165) is 41.7 Å². The molecule has 0 bridgehead atoms. The van der Waals surface area contributed by atoms with Gasteiger partial charge in [0.05, 0.1) is 0 Å². The van der Waals surface area contributed by atoms with Gasteiger partial charge in [0.25, 0.3) is 0 Å². The van der Waals surface area contributed by atoms with Crippen LogP contribution in [0.15, 0.2) is 273 Å². The van der Waals surface area contributed by atoms with Gasteiger partial charge in [-0.15, -0.1) is 0 Å². The van der Waals surface area contributed by atoms with Crippen molar-refractivity contribution in [2.75, 3.05) is 0 Å². The van der Waals surface area contributed by atoms with Gasteiger partial charge in [-0.25, -0.2) is 0 Å². The molecule has 0 amide bonds. The van der Waals surface area contributed by atoms with E-state index < -0.39 is 34.9 Å². The van der Waals surface area contributed by atoms with Gasteiger partial charge in [-0.3, -0.25) is 0 Å². The number of hydrogen-bond acceptors (Lipinski definition) is 2. The fourth-order valence-corrected chi connectivity index (χ4v) is 46.6.